The van der Waals surface area contributed by atoms with Gasteiger partial charge in [-0.1, -0.05) is 18.2 Å². The van der Waals surface area contributed by atoms with Crippen LogP contribution in [0.5, 0.6) is 0 Å². The van der Waals surface area contributed by atoms with E-state index in [1.807, 2.05) is 0 Å². The molecule has 0 radical (unpaired) electrons. The van der Waals surface area contributed by atoms with Crippen molar-refractivity contribution in [3.05, 3.63) is 29.8 Å². The minimum Gasteiger partial charge on any atom is -0.380 e. The fourth-order valence-corrected chi connectivity index (χ4v) is 2.23. The Kier molecular flexibility index (Phi) is 3.46. The first kappa shape index (κ1) is 11.4. The van der Waals surface area contributed by atoms with Gasteiger partial charge < -0.3 is 15.4 Å². The topological polar surface area (TPSA) is 38.5 Å². The van der Waals surface area contributed by atoms with Crippen molar-refractivity contribution in [3.63, 3.8) is 0 Å². The maximum absolute atomic E-state index is 6.11. The normalized spacial score (nSPS) is 21.7. The number of fused-ring (bicyclic) bond motifs is 1. The third-order valence-corrected chi connectivity index (χ3v) is 3.27. The SMILES string of the molecule is COC(C)CN1CCC(N)c2ccccc21. The van der Waals surface area contributed by atoms with Crippen LogP contribution in [0.3, 0.4) is 0 Å². The van der Waals surface area contributed by atoms with Crippen LogP contribution in [0.25, 0.3) is 0 Å². The van der Waals surface area contributed by atoms with Crippen molar-refractivity contribution in [3.8, 4) is 0 Å². The fourth-order valence-electron chi connectivity index (χ4n) is 2.23. The predicted molar refractivity (Wildman–Crippen MR) is 66.7 cm³/mol. The standard InChI is InChI=1S/C13H20N2O/c1-10(16-2)9-15-8-7-12(14)11-5-3-4-6-13(11)15/h3-6,10,12H,7-9,14H2,1-2H3. The van der Waals surface area contributed by atoms with Gasteiger partial charge in [-0.2, -0.15) is 0 Å². The summed E-state index contributed by atoms with van der Waals surface area (Å²) in [7, 11) is 1.76. The molecule has 1 aliphatic rings. The molecule has 1 aliphatic heterocycles. The summed E-state index contributed by atoms with van der Waals surface area (Å²) >= 11 is 0. The summed E-state index contributed by atoms with van der Waals surface area (Å²) in [5, 5.41) is 0. The van der Waals surface area contributed by atoms with Gasteiger partial charge in [-0.25, -0.2) is 0 Å². The average Bonchev–Trinajstić information content (AvgIpc) is 2.33. The zero-order chi connectivity index (χ0) is 11.5. The van der Waals surface area contributed by atoms with Crippen molar-refractivity contribution in [1.29, 1.82) is 0 Å². The van der Waals surface area contributed by atoms with E-state index < -0.39 is 0 Å². The number of hydrogen-bond donors (Lipinski definition) is 1. The number of rotatable bonds is 3. The largest absolute Gasteiger partial charge is 0.380 e. The van der Waals surface area contributed by atoms with E-state index in [9.17, 15) is 0 Å². The van der Waals surface area contributed by atoms with Crippen LogP contribution in [-0.2, 0) is 4.74 Å². The Hall–Kier alpha value is -1.06. The lowest BCUT2D eigenvalue weighted by molar-refractivity contribution is 0.122. The number of nitrogens with zero attached hydrogens (tertiary/aromatic N) is 1. The third kappa shape index (κ3) is 2.20. The van der Waals surface area contributed by atoms with Crippen LogP contribution < -0.4 is 10.6 Å². The molecule has 2 rings (SSSR count). The van der Waals surface area contributed by atoms with Gasteiger partial charge >= 0.3 is 0 Å². The van der Waals surface area contributed by atoms with Crippen LogP contribution in [0, 0.1) is 0 Å². The molecule has 0 aliphatic carbocycles. The summed E-state index contributed by atoms with van der Waals surface area (Å²) < 4.78 is 5.32. The Bertz CT molecular complexity index is 354. The lowest BCUT2D eigenvalue weighted by atomic mass is 9.97. The smallest absolute Gasteiger partial charge is 0.0718 e. The van der Waals surface area contributed by atoms with E-state index in [1.165, 1.54) is 11.3 Å². The van der Waals surface area contributed by atoms with Gasteiger partial charge in [0, 0.05) is 31.9 Å². The summed E-state index contributed by atoms with van der Waals surface area (Å²) in [6.07, 6.45) is 1.27. The second-order valence-corrected chi connectivity index (χ2v) is 4.45. The monoisotopic (exact) mass is 220 g/mol. The highest BCUT2D eigenvalue weighted by molar-refractivity contribution is 5.56. The van der Waals surface area contributed by atoms with Gasteiger partial charge in [-0.15, -0.1) is 0 Å². The van der Waals surface area contributed by atoms with Crippen molar-refractivity contribution in [2.45, 2.75) is 25.5 Å². The molecule has 1 heterocycles. The average molecular weight is 220 g/mol. The van der Waals surface area contributed by atoms with E-state index in [-0.39, 0.29) is 12.1 Å². The molecule has 3 nitrogen and oxygen atoms in total. The lowest BCUT2D eigenvalue weighted by Crippen LogP contribution is -2.38. The Morgan fingerprint density at radius 1 is 1.50 bits per heavy atom. The zero-order valence-corrected chi connectivity index (χ0v) is 10.0. The van der Waals surface area contributed by atoms with E-state index in [4.69, 9.17) is 10.5 Å². The Labute approximate surface area is 97.2 Å². The van der Waals surface area contributed by atoms with Gasteiger partial charge in [0.05, 0.1) is 6.10 Å². The van der Waals surface area contributed by atoms with Crippen LogP contribution in [0.4, 0.5) is 5.69 Å². The first-order valence-corrected chi connectivity index (χ1v) is 5.84. The molecule has 0 amide bonds. The Morgan fingerprint density at radius 3 is 3.00 bits per heavy atom. The highest BCUT2D eigenvalue weighted by Gasteiger charge is 2.22. The van der Waals surface area contributed by atoms with Crippen molar-refractivity contribution in [2.75, 3.05) is 25.1 Å². The molecular weight excluding hydrogens is 200 g/mol. The molecule has 88 valence electrons. The Balaban J connectivity index is 2.21. The molecule has 3 heteroatoms. The molecule has 2 atom stereocenters. The predicted octanol–water partition coefficient (Wildman–Crippen LogP) is 1.93. The molecule has 0 spiro atoms. The van der Waals surface area contributed by atoms with E-state index in [2.05, 4.69) is 36.1 Å². The first-order valence-electron chi connectivity index (χ1n) is 5.84. The summed E-state index contributed by atoms with van der Waals surface area (Å²) in [5.74, 6) is 0. The number of hydrogen-bond acceptors (Lipinski definition) is 3. The molecule has 1 aromatic rings. The van der Waals surface area contributed by atoms with Gasteiger partial charge in [0.25, 0.3) is 0 Å². The number of benzene rings is 1. The molecule has 0 bridgehead atoms. The minimum atomic E-state index is 0.185. The fraction of sp³-hybridized carbons (Fsp3) is 0.538. The summed E-state index contributed by atoms with van der Waals surface area (Å²) in [6, 6.07) is 8.59. The molecule has 0 aromatic heterocycles. The van der Waals surface area contributed by atoms with Gasteiger partial charge in [-0.05, 0) is 25.0 Å². The van der Waals surface area contributed by atoms with Crippen LogP contribution >= 0.6 is 0 Å². The van der Waals surface area contributed by atoms with Crippen molar-refractivity contribution >= 4 is 5.69 Å². The summed E-state index contributed by atoms with van der Waals surface area (Å²) in [4.78, 5) is 2.37. The van der Waals surface area contributed by atoms with E-state index >= 15 is 0 Å². The first-order chi connectivity index (χ1) is 7.72. The van der Waals surface area contributed by atoms with Crippen LogP contribution in [-0.4, -0.2) is 26.3 Å². The molecule has 0 fully saturated rings. The number of anilines is 1. The second-order valence-electron chi connectivity index (χ2n) is 4.45. The van der Waals surface area contributed by atoms with Gasteiger partial charge in [-0.3, -0.25) is 0 Å². The maximum Gasteiger partial charge on any atom is 0.0718 e. The molecule has 0 saturated carbocycles. The van der Waals surface area contributed by atoms with Crippen molar-refractivity contribution in [1.82, 2.24) is 0 Å². The highest BCUT2D eigenvalue weighted by atomic mass is 16.5. The lowest BCUT2D eigenvalue weighted by Gasteiger charge is -2.35. The number of methoxy groups -OCH3 is 1. The van der Waals surface area contributed by atoms with Crippen LogP contribution in [0.15, 0.2) is 24.3 Å². The van der Waals surface area contributed by atoms with Gasteiger partial charge in [0.2, 0.25) is 0 Å². The zero-order valence-electron chi connectivity index (χ0n) is 10.0. The third-order valence-electron chi connectivity index (χ3n) is 3.27. The summed E-state index contributed by atoms with van der Waals surface area (Å²) in [5.41, 5.74) is 8.64. The molecular formula is C13H20N2O. The van der Waals surface area contributed by atoms with Crippen molar-refractivity contribution in [2.24, 2.45) is 5.73 Å². The number of para-hydroxylation sites is 1. The van der Waals surface area contributed by atoms with Gasteiger partial charge in [0.1, 0.15) is 0 Å². The maximum atomic E-state index is 6.11. The number of ether oxygens (including phenoxy) is 1. The summed E-state index contributed by atoms with van der Waals surface area (Å²) in [6.45, 7) is 4.04. The minimum absolute atomic E-state index is 0.185. The molecule has 1 aromatic carbocycles. The number of nitrogens with two attached hydrogens (primary N) is 1. The van der Waals surface area contributed by atoms with Gasteiger partial charge in [0.15, 0.2) is 0 Å². The quantitative estimate of drug-likeness (QED) is 0.846. The molecule has 16 heavy (non-hydrogen) atoms. The second kappa shape index (κ2) is 4.85. The van der Waals surface area contributed by atoms with Crippen LogP contribution in [0.2, 0.25) is 0 Å². The van der Waals surface area contributed by atoms with E-state index in [0.29, 0.717) is 0 Å². The molecule has 2 N–H and O–H groups in total. The molecule has 0 saturated heterocycles. The van der Waals surface area contributed by atoms with E-state index in [1.54, 1.807) is 7.11 Å². The van der Waals surface area contributed by atoms with E-state index in [0.717, 1.165) is 19.5 Å². The van der Waals surface area contributed by atoms with Crippen molar-refractivity contribution < 1.29 is 4.74 Å². The van der Waals surface area contributed by atoms with Crippen LogP contribution in [0.1, 0.15) is 24.9 Å². The Morgan fingerprint density at radius 2 is 2.25 bits per heavy atom. The molecule has 2 unspecified atom stereocenters. The highest BCUT2D eigenvalue weighted by Crippen LogP contribution is 2.32.